The molecule has 1 aromatic rings. The third-order valence-corrected chi connectivity index (χ3v) is 3.74. The van der Waals surface area contributed by atoms with Crippen molar-refractivity contribution >= 4 is 23.4 Å². The first-order chi connectivity index (χ1) is 10.5. The van der Waals surface area contributed by atoms with Gasteiger partial charge in [-0.1, -0.05) is 37.1 Å². The Labute approximate surface area is 137 Å². The van der Waals surface area contributed by atoms with Crippen LogP contribution in [0.5, 0.6) is 0 Å². The Morgan fingerprint density at radius 3 is 2.45 bits per heavy atom. The van der Waals surface area contributed by atoms with Crippen molar-refractivity contribution in [3.05, 3.63) is 34.9 Å². The minimum atomic E-state index is -0.0169. The van der Waals surface area contributed by atoms with E-state index in [9.17, 15) is 9.59 Å². The van der Waals surface area contributed by atoms with Crippen LogP contribution in [0.4, 0.5) is 0 Å². The number of hydrogen-bond donors (Lipinski definition) is 1. The highest BCUT2D eigenvalue weighted by atomic mass is 35.5. The molecule has 0 fully saturated rings. The highest BCUT2D eigenvalue weighted by Crippen LogP contribution is 2.09. The lowest BCUT2D eigenvalue weighted by Gasteiger charge is -2.20. The molecule has 0 radical (unpaired) electrons. The molecule has 2 amide bonds. The summed E-state index contributed by atoms with van der Waals surface area (Å²) in [5, 5.41) is 3.60. The summed E-state index contributed by atoms with van der Waals surface area (Å²) in [6.45, 7) is 5.44. The van der Waals surface area contributed by atoms with Gasteiger partial charge in [-0.3, -0.25) is 9.59 Å². The molecule has 0 spiro atoms. The van der Waals surface area contributed by atoms with Crippen LogP contribution in [0.15, 0.2) is 24.3 Å². The number of nitrogens with zero attached hydrogens (tertiary/aromatic N) is 1. The fourth-order valence-corrected chi connectivity index (χ4v) is 2.22. The zero-order valence-corrected chi connectivity index (χ0v) is 14.2. The highest BCUT2D eigenvalue weighted by Gasteiger charge is 2.10. The van der Waals surface area contributed by atoms with E-state index in [1.165, 1.54) is 0 Å². The maximum atomic E-state index is 11.8. The van der Waals surface area contributed by atoms with Crippen LogP contribution in [-0.2, 0) is 16.0 Å². The maximum Gasteiger partial charge on any atom is 0.221 e. The molecular formula is C17H25ClN2O2. The van der Waals surface area contributed by atoms with Gasteiger partial charge in [0.2, 0.25) is 11.8 Å². The molecule has 0 aliphatic heterocycles. The van der Waals surface area contributed by atoms with E-state index in [1.54, 1.807) is 11.8 Å². The Kier molecular flexibility index (Phi) is 8.60. The lowest BCUT2D eigenvalue weighted by Crippen LogP contribution is -2.35. The van der Waals surface area contributed by atoms with Crippen molar-refractivity contribution < 1.29 is 9.59 Å². The van der Waals surface area contributed by atoms with E-state index >= 15 is 0 Å². The van der Waals surface area contributed by atoms with Crippen molar-refractivity contribution in [2.24, 2.45) is 0 Å². The summed E-state index contributed by atoms with van der Waals surface area (Å²) >= 11 is 5.83. The largest absolute Gasteiger partial charge is 0.356 e. The van der Waals surface area contributed by atoms with Gasteiger partial charge in [0.05, 0.1) is 0 Å². The average Bonchev–Trinajstić information content (AvgIpc) is 2.49. The van der Waals surface area contributed by atoms with Gasteiger partial charge in [0, 0.05) is 38.0 Å². The molecular weight excluding hydrogens is 300 g/mol. The number of unbranched alkanes of at least 4 members (excludes halogenated alkanes) is 1. The van der Waals surface area contributed by atoms with E-state index in [4.69, 9.17) is 11.6 Å². The summed E-state index contributed by atoms with van der Waals surface area (Å²) in [4.78, 5) is 25.0. The second-order valence-electron chi connectivity index (χ2n) is 5.34. The van der Waals surface area contributed by atoms with E-state index in [2.05, 4.69) is 12.2 Å². The molecule has 1 rings (SSSR count). The molecule has 1 aromatic carbocycles. The first kappa shape index (κ1) is 18.5. The van der Waals surface area contributed by atoms with E-state index < -0.39 is 0 Å². The normalized spacial score (nSPS) is 10.3. The topological polar surface area (TPSA) is 49.4 Å². The molecule has 122 valence electrons. The molecule has 0 bridgehead atoms. The molecule has 4 nitrogen and oxygen atoms in total. The zero-order chi connectivity index (χ0) is 16.4. The summed E-state index contributed by atoms with van der Waals surface area (Å²) in [6.07, 6.45) is 3.13. The van der Waals surface area contributed by atoms with Gasteiger partial charge >= 0.3 is 0 Å². The molecule has 22 heavy (non-hydrogen) atoms. The zero-order valence-electron chi connectivity index (χ0n) is 13.4. The van der Waals surface area contributed by atoms with Crippen LogP contribution in [0.2, 0.25) is 5.02 Å². The molecule has 0 heterocycles. The van der Waals surface area contributed by atoms with Gasteiger partial charge in [-0.25, -0.2) is 0 Å². The van der Waals surface area contributed by atoms with E-state index in [-0.39, 0.29) is 11.8 Å². The van der Waals surface area contributed by atoms with Crippen LogP contribution in [0, 0.1) is 0 Å². The lowest BCUT2D eigenvalue weighted by atomic mass is 10.1. The minimum Gasteiger partial charge on any atom is -0.356 e. The smallest absolute Gasteiger partial charge is 0.221 e. The number of benzene rings is 1. The van der Waals surface area contributed by atoms with E-state index in [0.29, 0.717) is 24.5 Å². The van der Waals surface area contributed by atoms with Gasteiger partial charge in [0.25, 0.3) is 0 Å². The Morgan fingerprint density at radius 1 is 1.18 bits per heavy atom. The van der Waals surface area contributed by atoms with E-state index in [0.717, 1.165) is 31.4 Å². The highest BCUT2D eigenvalue weighted by molar-refractivity contribution is 6.30. The molecule has 1 N–H and O–H groups in total. The van der Waals surface area contributed by atoms with Gasteiger partial charge in [-0.2, -0.15) is 0 Å². The molecule has 0 saturated carbocycles. The lowest BCUT2D eigenvalue weighted by molar-refractivity contribution is -0.129. The number of carbonyl (C=O) groups is 2. The molecule has 0 saturated heterocycles. The van der Waals surface area contributed by atoms with Crippen molar-refractivity contribution in [1.29, 1.82) is 0 Å². The summed E-state index contributed by atoms with van der Waals surface area (Å²) in [5.74, 6) is 0.0131. The second kappa shape index (κ2) is 10.2. The quantitative estimate of drug-likeness (QED) is 0.759. The number of nitrogens with one attached hydrogen (secondary N) is 1. The van der Waals surface area contributed by atoms with E-state index in [1.807, 2.05) is 24.3 Å². The van der Waals surface area contributed by atoms with Gasteiger partial charge in [0.15, 0.2) is 0 Å². The summed E-state index contributed by atoms with van der Waals surface area (Å²) in [7, 11) is 0. The SMILES string of the molecule is CCCCN(CCC(=O)NCCc1ccc(Cl)cc1)C(C)=O. The van der Waals surface area contributed by atoms with Crippen molar-refractivity contribution in [3.8, 4) is 0 Å². The Bertz CT molecular complexity index is 474. The summed E-state index contributed by atoms with van der Waals surface area (Å²) in [6, 6.07) is 7.60. The molecule has 0 aliphatic carbocycles. The number of carbonyl (C=O) groups excluding carboxylic acids is 2. The fourth-order valence-electron chi connectivity index (χ4n) is 2.10. The number of halogens is 1. The summed E-state index contributed by atoms with van der Waals surface area (Å²) < 4.78 is 0. The van der Waals surface area contributed by atoms with Crippen LogP contribution in [-0.4, -0.2) is 36.3 Å². The predicted octanol–water partition coefficient (Wildman–Crippen LogP) is 3.04. The second-order valence-corrected chi connectivity index (χ2v) is 5.77. The maximum absolute atomic E-state index is 11.8. The van der Waals surface area contributed by atoms with Gasteiger partial charge in [-0.15, -0.1) is 0 Å². The van der Waals surface area contributed by atoms with Gasteiger partial charge in [0.1, 0.15) is 0 Å². The number of rotatable bonds is 9. The van der Waals surface area contributed by atoms with Crippen molar-refractivity contribution in [2.75, 3.05) is 19.6 Å². The van der Waals surface area contributed by atoms with Crippen LogP contribution in [0.1, 0.15) is 38.7 Å². The van der Waals surface area contributed by atoms with Gasteiger partial charge in [-0.05, 0) is 30.5 Å². The molecule has 0 atom stereocenters. The predicted molar refractivity (Wildman–Crippen MR) is 89.9 cm³/mol. The minimum absolute atomic E-state index is 0.0169. The van der Waals surface area contributed by atoms with Crippen LogP contribution in [0.25, 0.3) is 0 Å². The molecule has 5 heteroatoms. The van der Waals surface area contributed by atoms with Crippen LogP contribution < -0.4 is 5.32 Å². The van der Waals surface area contributed by atoms with Crippen molar-refractivity contribution in [3.63, 3.8) is 0 Å². The molecule has 0 unspecified atom stereocenters. The Morgan fingerprint density at radius 2 is 1.86 bits per heavy atom. The molecule has 0 aliphatic rings. The third-order valence-electron chi connectivity index (χ3n) is 3.48. The fraction of sp³-hybridized carbons (Fsp3) is 0.529. The third kappa shape index (κ3) is 7.46. The molecule has 0 aromatic heterocycles. The van der Waals surface area contributed by atoms with Crippen LogP contribution in [0.3, 0.4) is 0 Å². The number of amides is 2. The van der Waals surface area contributed by atoms with Crippen molar-refractivity contribution in [1.82, 2.24) is 10.2 Å². The monoisotopic (exact) mass is 324 g/mol. The van der Waals surface area contributed by atoms with Crippen molar-refractivity contribution in [2.45, 2.75) is 39.5 Å². The first-order valence-electron chi connectivity index (χ1n) is 7.79. The van der Waals surface area contributed by atoms with Gasteiger partial charge < -0.3 is 10.2 Å². The van der Waals surface area contributed by atoms with Crippen LogP contribution >= 0.6 is 11.6 Å². The standard InChI is InChI=1S/C17H25ClN2O2/c1-3-4-12-20(14(2)21)13-10-17(22)19-11-9-15-5-7-16(18)8-6-15/h5-8H,3-4,9-13H2,1-2H3,(H,19,22). The summed E-state index contributed by atoms with van der Waals surface area (Å²) in [5.41, 5.74) is 1.14. The first-order valence-corrected chi connectivity index (χ1v) is 8.17. The Hall–Kier alpha value is -1.55. The average molecular weight is 325 g/mol. The number of hydrogen-bond acceptors (Lipinski definition) is 2. The Balaban J connectivity index is 2.24.